The summed E-state index contributed by atoms with van der Waals surface area (Å²) in [5.41, 5.74) is 2.58. The Balaban J connectivity index is 1.18. The Labute approximate surface area is 246 Å². The summed E-state index contributed by atoms with van der Waals surface area (Å²) in [4.78, 5) is 54.8. The molecule has 2 aromatic heterocycles. The molecule has 0 atom stereocenters. The van der Waals surface area contributed by atoms with Crippen molar-refractivity contribution in [1.82, 2.24) is 29.6 Å². The first kappa shape index (κ1) is 29.4. The van der Waals surface area contributed by atoms with Gasteiger partial charge in [-0.3, -0.25) is 14.4 Å². The van der Waals surface area contributed by atoms with E-state index in [9.17, 15) is 18.8 Å². The van der Waals surface area contributed by atoms with E-state index < -0.39 is 6.17 Å². The monoisotopic (exact) mass is 604 g/mol. The van der Waals surface area contributed by atoms with Crippen LogP contribution in [0.25, 0.3) is 20.4 Å². The lowest BCUT2D eigenvalue weighted by atomic mass is 10.1. The summed E-state index contributed by atoms with van der Waals surface area (Å²) in [6, 6.07) is 2.04. The number of halogens is 1. The Hall–Kier alpha value is -3.10. The minimum atomic E-state index is -0.813. The van der Waals surface area contributed by atoms with Gasteiger partial charge in [-0.25, -0.2) is 14.4 Å². The summed E-state index contributed by atoms with van der Waals surface area (Å²) in [7, 11) is 3.96. The third-order valence-electron chi connectivity index (χ3n) is 7.54. The van der Waals surface area contributed by atoms with Gasteiger partial charge in [-0.05, 0) is 46.3 Å². The van der Waals surface area contributed by atoms with Crippen molar-refractivity contribution < 1.29 is 18.8 Å². The number of aromatic nitrogens is 2. The van der Waals surface area contributed by atoms with Crippen LogP contribution < -0.4 is 10.6 Å². The van der Waals surface area contributed by atoms with Crippen LogP contribution in [-0.2, 0) is 14.4 Å². The molecule has 2 fully saturated rings. The standard InChI is InChI=1S/C27H37FN8O3S2/c1-17-24-19(40-26(31-24)29-14-21(37)35-9-5-18(28)6-10-35)13-20-25(17)32-27(41-20)30-15-22(38)36-8-4-7-34(23(39)16-36)12-11-33(2)3/h13,18H,4-12,14-16H2,1-3H3,(H,29,31)(H,30,32). The lowest BCUT2D eigenvalue weighted by molar-refractivity contribution is -0.137. The van der Waals surface area contributed by atoms with E-state index in [-0.39, 0.29) is 37.4 Å². The van der Waals surface area contributed by atoms with Gasteiger partial charge < -0.3 is 30.2 Å². The number of likely N-dealkylation sites (N-methyl/N-ethyl adjacent to an activating group) is 1. The van der Waals surface area contributed by atoms with Gasteiger partial charge in [0.1, 0.15) is 6.17 Å². The molecule has 14 heteroatoms. The van der Waals surface area contributed by atoms with Gasteiger partial charge in [0, 0.05) is 44.8 Å². The highest BCUT2D eigenvalue weighted by Crippen LogP contribution is 2.37. The van der Waals surface area contributed by atoms with Crippen LogP contribution in [0.3, 0.4) is 0 Å². The van der Waals surface area contributed by atoms with E-state index in [1.807, 2.05) is 36.9 Å². The maximum absolute atomic E-state index is 13.4. The smallest absolute Gasteiger partial charge is 0.242 e. The fourth-order valence-corrected chi connectivity index (χ4v) is 7.09. The Bertz CT molecular complexity index is 1420. The molecule has 41 heavy (non-hydrogen) atoms. The van der Waals surface area contributed by atoms with Crippen LogP contribution in [-0.4, -0.2) is 126 Å². The van der Waals surface area contributed by atoms with Gasteiger partial charge in [0.15, 0.2) is 10.3 Å². The van der Waals surface area contributed by atoms with Gasteiger partial charge in [-0.2, -0.15) is 0 Å². The second-order valence-corrected chi connectivity index (χ2v) is 12.9. The molecular weight excluding hydrogens is 567 g/mol. The number of thiazole rings is 2. The Morgan fingerprint density at radius 1 is 0.976 bits per heavy atom. The Kier molecular flexibility index (Phi) is 9.19. The van der Waals surface area contributed by atoms with Crippen molar-refractivity contribution in [3.05, 3.63) is 11.6 Å². The molecule has 2 N–H and O–H groups in total. The van der Waals surface area contributed by atoms with Crippen molar-refractivity contribution in [3.63, 3.8) is 0 Å². The number of likely N-dealkylation sites (tertiary alicyclic amines) is 1. The third kappa shape index (κ3) is 7.04. The topological polar surface area (TPSA) is 114 Å². The van der Waals surface area contributed by atoms with Crippen LogP contribution in [0.1, 0.15) is 24.8 Å². The Morgan fingerprint density at radius 3 is 2.15 bits per heavy atom. The average molecular weight is 605 g/mol. The van der Waals surface area contributed by atoms with Crippen molar-refractivity contribution >= 4 is 71.1 Å². The highest BCUT2D eigenvalue weighted by molar-refractivity contribution is 7.24. The molecule has 222 valence electrons. The average Bonchev–Trinajstić information content (AvgIpc) is 3.50. The molecule has 2 saturated heterocycles. The van der Waals surface area contributed by atoms with E-state index >= 15 is 0 Å². The first-order valence-corrected chi connectivity index (χ1v) is 15.6. The normalized spacial score (nSPS) is 17.1. The number of carbonyl (C=O) groups excluding carboxylic acids is 3. The number of piperidine rings is 1. The van der Waals surface area contributed by atoms with Gasteiger partial charge in [-0.15, -0.1) is 0 Å². The zero-order chi connectivity index (χ0) is 29.1. The SMILES string of the molecule is Cc1c2nc(NCC(=O)N3CCC(F)CC3)sc2cc2sc(NCC(=O)N3CCCN(CCN(C)C)C(=O)C3)nc12. The quantitative estimate of drug-likeness (QED) is 0.383. The molecule has 2 aliphatic rings. The summed E-state index contributed by atoms with van der Waals surface area (Å²) in [6.07, 6.45) is 0.744. The summed E-state index contributed by atoms with van der Waals surface area (Å²) in [5.74, 6) is -0.182. The van der Waals surface area contributed by atoms with Crippen LogP contribution in [0.15, 0.2) is 6.07 Å². The third-order valence-corrected chi connectivity index (χ3v) is 9.46. The number of fused-ring (bicyclic) bond motifs is 2. The van der Waals surface area contributed by atoms with E-state index in [0.717, 1.165) is 39.0 Å². The van der Waals surface area contributed by atoms with E-state index in [0.29, 0.717) is 55.8 Å². The molecule has 4 heterocycles. The number of hydrogen-bond acceptors (Lipinski definition) is 10. The highest BCUT2D eigenvalue weighted by Gasteiger charge is 2.25. The van der Waals surface area contributed by atoms with Crippen LogP contribution in [0.2, 0.25) is 0 Å². The summed E-state index contributed by atoms with van der Waals surface area (Å²) < 4.78 is 15.3. The largest absolute Gasteiger partial charge is 0.352 e. The number of benzene rings is 1. The maximum atomic E-state index is 13.4. The van der Waals surface area contributed by atoms with Gasteiger partial charge in [0.25, 0.3) is 0 Å². The molecule has 0 spiro atoms. The molecule has 0 radical (unpaired) electrons. The first-order valence-electron chi connectivity index (χ1n) is 14.0. The molecular formula is C27H37FN8O3S2. The number of hydrogen-bond donors (Lipinski definition) is 2. The minimum absolute atomic E-state index is 0.0134. The number of carbonyl (C=O) groups is 3. The predicted molar refractivity (Wildman–Crippen MR) is 162 cm³/mol. The van der Waals surface area contributed by atoms with E-state index in [4.69, 9.17) is 9.97 Å². The highest BCUT2D eigenvalue weighted by atomic mass is 32.1. The van der Waals surface area contributed by atoms with Crippen LogP contribution in [0.4, 0.5) is 14.7 Å². The van der Waals surface area contributed by atoms with Crippen molar-refractivity contribution in [1.29, 1.82) is 0 Å². The lowest BCUT2D eigenvalue weighted by Gasteiger charge is -2.28. The molecule has 0 saturated carbocycles. The van der Waals surface area contributed by atoms with Crippen molar-refractivity contribution in [3.8, 4) is 0 Å². The lowest BCUT2D eigenvalue weighted by Crippen LogP contribution is -2.43. The molecule has 3 amide bonds. The second kappa shape index (κ2) is 12.8. The van der Waals surface area contributed by atoms with Crippen LogP contribution in [0, 0.1) is 6.92 Å². The maximum Gasteiger partial charge on any atom is 0.242 e. The summed E-state index contributed by atoms with van der Waals surface area (Å²) >= 11 is 2.94. The molecule has 3 aromatic rings. The number of aryl methyl sites for hydroxylation is 1. The number of rotatable bonds is 9. The molecule has 2 aliphatic heterocycles. The number of nitrogens with zero attached hydrogens (tertiary/aromatic N) is 6. The number of amides is 3. The molecule has 11 nitrogen and oxygen atoms in total. The van der Waals surface area contributed by atoms with Crippen molar-refractivity contribution in [2.24, 2.45) is 0 Å². The fraction of sp³-hybridized carbons (Fsp3) is 0.593. The van der Waals surface area contributed by atoms with Gasteiger partial charge in [0.2, 0.25) is 17.7 Å². The number of anilines is 2. The summed E-state index contributed by atoms with van der Waals surface area (Å²) in [6.45, 7) is 5.87. The van der Waals surface area contributed by atoms with E-state index in [2.05, 4.69) is 10.6 Å². The summed E-state index contributed by atoms with van der Waals surface area (Å²) in [5, 5.41) is 7.60. The minimum Gasteiger partial charge on any atom is -0.352 e. The molecule has 0 unspecified atom stereocenters. The van der Waals surface area contributed by atoms with Crippen LogP contribution >= 0.6 is 22.7 Å². The van der Waals surface area contributed by atoms with Gasteiger partial charge in [0.05, 0.1) is 40.1 Å². The zero-order valence-electron chi connectivity index (χ0n) is 23.7. The Morgan fingerprint density at radius 2 is 1.56 bits per heavy atom. The second-order valence-electron chi connectivity index (χ2n) is 10.8. The zero-order valence-corrected chi connectivity index (χ0v) is 25.4. The van der Waals surface area contributed by atoms with Crippen molar-refractivity contribution in [2.45, 2.75) is 32.4 Å². The molecule has 0 aliphatic carbocycles. The van der Waals surface area contributed by atoms with E-state index in [1.165, 1.54) is 22.7 Å². The van der Waals surface area contributed by atoms with Crippen molar-refractivity contribution in [2.75, 3.05) is 83.6 Å². The molecule has 5 rings (SSSR count). The fourth-order valence-electron chi connectivity index (χ4n) is 5.09. The number of nitrogens with one attached hydrogen (secondary N) is 2. The predicted octanol–water partition coefficient (Wildman–Crippen LogP) is 2.62. The number of alkyl halides is 1. The van der Waals surface area contributed by atoms with E-state index in [1.54, 1.807) is 9.80 Å². The first-order chi connectivity index (χ1) is 19.7. The molecule has 1 aromatic carbocycles. The van der Waals surface area contributed by atoms with Gasteiger partial charge in [-0.1, -0.05) is 22.7 Å². The molecule has 0 bridgehead atoms. The van der Waals surface area contributed by atoms with Gasteiger partial charge >= 0.3 is 0 Å². The van der Waals surface area contributed by atoms with Crippen LogP contribution in [0.5, 0.6) is 0 Å².